The quantitative estimate of drug-likeness (QED) is 0.143. The van der Waals surface area contributed by atoms with E-state index in [2.05, 4.69) is 16.0 Å². The maximum atomic E-state index is 12.8. The van der Waals surface area contributed by atoms with Crippen LogP contribution in [0.1, 0.15) is 53.4 Å². The van der Waals surface area contributed by atoms with Gasteiger partial charge in [0, 0.05) is 6.42 Å². The van der Waals surface area contributed by atoms with Gasteiger partial charge in [-0.05, 0) is 24.7 Å². The number of nitrogens with two attached hydrogens (primary N) is 2. The van der Waals surface area contributed by atoms with Crippen LogP contribution in [0.5, 0.6) is 0 Å². The SMILES string of the molecule is CC(C)CC(N)C(=O)NC(CC(N)=O)C(=O)NC(C(=O)NC(CCC(=O)O)C(=O)O)C(C)C. The van der Waals surface area contributed by atoms with Gasteiger partial charge in [-0.2, -0.15) is 0 Å². The molecule has 0 saturated carbocycles. The molecule has 4 atom stereocenters. The lowest BCUT2D eigenvalue weighted by Crippen LogP contribution is -2.59. The monoisotopic (exact) mass is 473 g/mol. The first-order valence-corrected chi connectivity index (χ1v) is 10.5. The van der Waals surface area contributed by atoms with Gasteiger partial charge < -0.3 is 37.6 Å². The number of aliphatic carboxylic acids is 2. The molecule has 0 aromatic rings. The van der Waals surface area contributed by atoms with E-state index in [1.54, 1.807) is 13.8 Å². The van der Waals surface area contributed by atoms with Gasteiger partial charge in [-0.25, -0.2) is 4.79 Å². The van der Waals surface area contributed by atoms with E-state index in [0.717, 1.165) is 0 Å². The van der Waals surface area contributed by atoms with Crippen LogP contribution in [0.25, 0.3) is 0 Å². The molecule has 0 rings (SSSR count). The first-order valence-electron chi connectivity index (χ1n) is 10.5. The second-order valence-electron chi connectivity index (χ2n) is 8.53. The van der Waals surface area contributed by atoms with Gasteiger partial charge in [0.05, 0.1) is 12.5 Å². The van der Waals surface area contributed by atoms with Gasteiger partial charge in [-0.3, -0.25) is 24.0 Å². The van der Waals surface area contributed by atoms with Crippen molar-refractivity contribution in [2.75, 3.05) is 0 Å². The largest absolute Gasteiger partial charge is 0.481 e. The van der Waals surface area contributed by atoms with Crippen molar-refractivity contribution in [3.63, 3.8) is 0 Å². The summed E-state index contributed by atoms with van der Waals surface area (Å²) in [5.74, 6) is -6.38. The summed E-state index contributed by atoms with van der Waals surface area (Å²) in [6.07, 6.45) is -1.06. The number of nitrogens with one attached hydrogen (secondary N) is 3. The smallest absolute Gasteiger partial charge is 0.326 e. The number of rotatable bonds is 15. The van der Waals surface area contributed by atoms with E-state index in [4.69, 9.17) is 16.6 Å². The summed E-state index contributed by atoms with van der Waals surface area (Å²) in [5.41, 5.74) is 11.0. The van der Waals surface area contributed by atoms with Crippen molar-refractivity contribution in [3.8, 4) is 0 Å². The maximum absolute atomic E-state index is 12.8. The molecule has 0 spiro atoms. The van der Waals surface area contributed by atoms with Crippen LogP contribution >= 0.6 is 0 Å². The van der Waals surface area contributed by atoms with Gasteiger partial charge in [0.25, 0.3) is 0 Å². The predicted octanol–water partition coefficient (Wildman–Crippen LogP) is -1.70. The van der Waals surface area contributed by atoms with E-state index in [1.807, 2.05) is 13.8 Å². The summed E-state index contributed by atoms with van der Waals surface area (Å²) >= 11 is 0. The minimum absolute atomic E-state index is 0.103. The molecule has 0 fully saturated rings. The summed E-state index contributed by atoms with van der Waals surface area (Å²) in [6.45, 7) is 6.87. The van der Waals surface area contributed by atoms with Crippen LogP contribution in [0.15, 0.2) is 0 Å². The molecule has 33 heavy (non-hydrogen) atoms. The lowest BCUT2D eigenvalue weighted by molar-refractivity contribution is -0.144. The fourth-order valence-electron chi connectivity index (χ4n) is 2.88. The number of hydrogen-bond donors (Lipinski definition) is 7. The Bertz CT molecular complexity index is 740. The van der Waals surface area contributed by atoms with Crippen molar-refractivity contribution in [1.29, 1.82) is 0 Å². The fourth-order valence-corrected chi connectivity index (χ4v) is 2.88. The van der Waals surface area contributed by atoms with E-state index >= 15 is 0 Å². The van der Waals surface area contributed by atoms with Crippen molar-refractivity contribution >= 4 is 35.6 Å². The average Bonchev–Trinajstić information content (AvgIpc) is 2.66. The van der Waals surface area contributed by atoms with E-state index in [1.165, 1.54) is 0 Å². The number of primary amides is 1. The Morgan fingerprint density at radius 2 is 1.36 bits per heavy atom. The van der Waals surface area contributed by atoms with Crippen LogP contribution in [0.2, 0.25) is 0 Å². The molecule has 0 bridgehead atoms. The molecule has 9 N–H and O–H groups in total. The highest BCUT2D eigenvalue weighted by atomic mass is 16.4. The standard InChI is InChI=1S/C20H35N5O8/c1-9(2)7-11(21)17(29)24-13(8-14(22)26)18(30)25-16(10(3)4)19(31)23-12(20(32)33)5-6-15(27)28/h9-13,16H,5-8,21H2,1-4H3,(H2,22,26)(H,23,31)(H,24,29)(H,25,30)(H,27,28)(H,32,33). The second kappa shape index (κ2) is 14.0. The average molecular weight is 474 g/mol. The Morgan fingerprint density at radius 1 is 0.818 bits per heavy atom. The molecule has 0 saturated heterocycles. The Kier molecular flexibility index (Phi) is 12.7. The molecule has 0 radical (unpaired) electrons. The molecule has 13 nitrogen and oxygen atoms in total. The van der Waals surface area contributed by atoms with E-state index in [-0.39, 0.29) is 12.3 Å². The zero-order chi connectivity index (χ0) is 25.9. The van der Waals surface area contributed by atoms with Crippen molar-refractivity contribution < 1.29 is 39.0 Å². The Hall–Kier alpha value is -3.22. The Labute approximate surface area is 192 Å². The van der Waals surface area contributed by atoms with Crippen molar-refractivity contribution in [2.45, 2.75) is 77.5 Å². The molecule has 0 aromatic carbocycles. The molecule has 0 aliphatic carbocycles. The highest BCUT2D eigenvalue weighted by molar-refractivity contribution is 5.96. The highest BCUT2D eigenvalue weighted by Crippen LogP contribution is 2.07. The third-order valence-electron chi connectivity index (χ3n) is 4.61. The lowest BCUT2D eigenvalue weighted by atomic mass is 10.0. The minimum atomic E-state index is -1.48. The topological polar surface area (TPSA) is 231 Å². The molecule has 0 aromatic heterocycles. The third-order valence-corrected chi connectivity index (χ3v) is 4.61. The summed E-state index contributed by atoms with van der Waals surface area (Å²) in [7, 11) is 0. The number of carbonyl (C=O) groups is 6. The zero-order valence-corrected chi connectivity index (χ0v) is 19.3. The van der Waals surface area contributed by atoms with Crippen molar-refractivity contribution in [1.82, 2.24) is 16.0 Å². The zero-order valence-electron chi connectivity index (χ0n) is 19.3. The molecule has 0 aliphatic heterocycles. The van der Waals surface area contributed by atoms with Crippen molar-refractivity contribution in [3.05, 3.63) is 0 Å². The second-order valence-corrected chi connectivity index (χ2v) is 8.53. The van der Waals surface area contributed by atoms with Gasteiger partial charge in [0.15, 0.2) is 0 Å². The van der Waals surface area contributed by atoms with Crippen LogP contribution in [0.3, 0.4) is 0 Å². The number of amides is 4. The fraction of sp³-hybridized carbons (Fsp3) is 0.700. The normalized spacial score (nSPS) is 14.6. The Balaban J connectivity index is 5.43. The van der Waals surface area contributed by atoms with Crippen LogP contribution in [0.4, 0.5) is 0 Å². The first kappa shape index (κ1) is 29.8. The van der Waals surface area contributed by atoms with Gasteiger partial charge in [0.2, 0.25) is 23.6 Å². The molecule has 4 unspecified atom stereocenters. The van der Waals surface area contributed by atoms with Crippen LogP contribution in [-0.4, -0.2) is 69.9 Å². The van der Waals surface area contributed by atoms with E-state index in [9.17, 15) is 33.9 Å². The minimum Gasteiger partial charge on any atom is -0.481 e. The Morgan fingerprint density at radius 3 is 1.79 bits per heavy atom. The van der Waals surface area contributed by atoms with Crippen LogP contribution < -0.4 is 27.4 Å². The van der Waals surface area contributed by atoms with Gasteiger partial charge in [-0.1, -0.05) is 27.7 Å². The molecule has 0 heterocycles. The molecule has 4 amide bonds. The first-order chi connectivity index (χ1) is 15.1. The lowest BCUT2D eigenvalue weighted by Gasteiger charge is -2.26. The number of carboxylic acids is 2. The summed E-state index contributed by atoms with van der Waals surface area (Å²) in [4.78, 5) is 71.2. The molecule has 13 heteroatoms. The predicted molar refractivity (Wildman–Crippen MR) is 116 cm³/mol. The number of carbonyl (C=O) groups excluding carboxylic acids is 4. The summed E-state index contributed by atoms with van der Waals surface area (Å²) < 4.78 is 0. The number of hydrogen-bond acceptors (Lipinski definition) is 7. The molecule has 0 aliphatic rings. The summed E-state index contributed by atoms with van der Waals surface area (Å²) in [5, 5.41) is 24.9. The van der Waals surface area contributed by atoms with Crippen molar-refractivity contribution in [2.24, 2.45) is 23.3 Å². The maximum Gasteiger partial charge on any atom is 0.326 e. The molecular formula is C20H35N5O8. The van der Waals surface area contributed by atoms with Gasteiger partial charge in [-0.15, -0.1) is 0 Å². The number of carboxylic acid groups (broad SMARTS) is 2. The van der Waals surface area contributed by atoms with E-state index in [0.29, 0.717) is 6.42 Å². The van der Waals surface area contributed by atoms with E-state index < -0.39 is 78.5 Å². The van der Waals surface area contributed by atoms with Crippen LogP contribution in [-0.2, 0) is 28.8 Å². The van der Waals surface area contributed by atoms with Gasteiger partial charge in [0.1, 0.15) is 18.1 Å². The summed E-state index contributed by atoms with van der Waals surface area (Å²) in [6, 6.07) is -5.05. The highest BCUT2D eigenvalue weighted by Gasteiger charge is 2.32. The third kappa shape index (κ3) is 11.8. The molecule has 188 valence electrons. The molecular weight excluding hydrogens is 438 g/mol. The van der Waals surface area contributed by atoms with Crippen LogP contribution in [0, 0.1) is 11.8 Å². The van der Waals surface area contributed by atoms with Gasteiger partial charge >= 0.3 is 11.9 Å².